The normalized spacial score (nSPS) is 14.2. The van der Waals surface area contributed by atoms with Crippen molar-refractivity contribution in [1.29, 1.82) is 0 Å². The summed E-state index contributed by atoms with van der Waals surface area (Å²) in [6.07, 6.45) is 0. The first-order valence-corrected chi connectivity index (χ1v) is 14.4. The monoisotopic (exact) mass is 540 g/mol. The Balaban J connectivity index is 1.80. The number of hydrogen-bond acceptors (Lipinski definition) is 2. The number of ketones is 1. The molecule has 208 valence electrons. The van der Waals surface area contributed by atoms with E-state index in [9.17, 15) is 4.79 Å². The van der Waals surface area contributed by atoms with E-state index in [2.05, 4.69) is 133 Å². The molecule has 1 aliphatic rings. The first kappa shape index (κ1) is 28.4. The Bertz CT molecular complexity index is 1630. The Kier molecular flexibility index (Phi) is 7.38. The second-order valence-electron chi connectivity index (χ2n) is 13.1. The number of rotatable bonds is 5. The molecule has 0 saturated carbocycles. The zero-order valence-electron chi connectivity index (χ0n) is 25.6. The summed E-state index contributed by atoms with van der Waals surface area (Å²) in [5.41, 5.74) is 11.0. The quantitative estimate of drug-likeness (QED) is 0.252. The van der Waals surface area contributed by atoms with E-state index < -0.39 is 0 Å². The molecule has 0 amide bonds. The van der Waals surface area contributed by atoms with Crippen LogP contribution in [0.15, 0.2) is 97.1 Å². The minimum absolute atomic E-state index is 0.0245. The Morgan fingerprint density at radius 3 is 1.12 bits per heavy atom. The molecule has 0 atom stereocenters. The van der Waals surface area contributed by atoms with Crippen molar-refractivity contribution in [2.45, 2.75) is 59.3 Å². The number of allylic oxidation sites excluding steroid dienone is 4. The van der Waals surface area contributed by atoms with Crippen LogP contribution in [-0.4, -0.2) is 12.9 Å². The molecular formula is C39H40O2. The smallest absolute Gasteiger partial charge is 0.195 e. The molecule has 4 aromatic rings. The maximum atomic E-state index is 14.7. The zero-order valence-corrected chi connectivity index (χ0v) is 25.6. The molecule has 0 bridgehead atoms. The van der Waals surface area contributed by atoms with Gasteiger partial charge in [-0.3, -0.25) is 4.79 Å². The summed E-state index contributed by atoms with van der Waals surface area (Å²) in [7, 11) is 1.67. The molecule has 41 heavy (non-hydrogen) atoms. The first-order valence-electron chi connectivity index (χ1n) is 14.4. The molecule has 2 heteroatoms. The highest BCUT2D eigenvalue weighted by molar-refractivity contribution is 6.59. The van der Waals surface area contributed by atoms with Crippen LogP contribution < -0.4 is 4.74 Å². The molecular weight excluding hydrogens is 500 g/mol. The number of aryl methyl sites for hydroxylation is 1. The van der Waals surface area contributed by atoms with Crippen LogP contribution >= 0.6 is 0 Å². The molecule has 0 heterocycles. The van der Waals surface area contributed by atoms with Gasteiger partial charge in [0.05, 0.1) is 7.11 Å². The third-order valence-electron chi connectivity index (χ3n) is 8.00. The highest BCUT2D eigenvalue weighted by Crippen LogP contribution is 2.50. The standard InChI is InChI=1S/C39H40O2/c1-25-9-11-26(12-10-25)33-34(27-17-23-32(41-8)24-18-27)36(29-15-21-31(22-16-29)39(5,6)7)37(40)35(33)28-13-19-30(20-14-28)38(2,3)4/h9-24H,1-8H3. The fourth-order valence-electron chi connectivity index (χ4n) is 5.48. The molecule has 0 aliphatic heterocycles. The largest absolute Gasteiger partial charge is 0.497 e. The van der Waals surface area contributed by atoms with Gasteiger partial charge in [0.25, 0.3) is 0 Å². The van der Waals surface area contributed by atoms with Crippen LogP contribution in [0.1, 0.15) is 80.5 Å². The van der Waals surface area contributed by atoms with Crippen LogP contribution in [0.3, 0.4) is 0 Å². The fourth-order valence-corrected chi connectivity index (χ4v) is 5.48. The van der Waals surface area contributed by atoms with Gasteiger partial charge in [0.15, 0.2) is 5.78 Å². The van der Waals surface area contributed by atoms with E-state index in [0.29, 0.717) is 0 Å². The lowest BCUT2D eigenvalue weighted by Gasteiger charge is -2.19. The van der Waals surface area contributed by atoms with Crippen LogP contribution in [0.4, 0.5) is 0 Å². The number of methoxy groups -OCH3 is 1. The summed E-state index contributed by atoms with van der Waals surface area (Å²) in [5, 5.41) is 0. The SMILES string of the molecule is COc1ccc(C2=C(c3ccc(C(C)(C)C)cc3)C(=O)C(c3ccc(C(C)(C)C)cc3)=C2c2ccc(C)cc2)cc1. The van der Waals surface area contributed by atoms with Crippen molar-refractivity contribution >= 4 is 28.1 Å². The first-order chi connectivity index (χ1) is 19.4. The topological polar surface area (TPSA) is 26.3 Å². The minimum atomic E-state index is 0.0245. The van der Waals surface area contributed by atoms with Crippen LogP contribution in [0.2, 0.25) is 0 Å². The van der Waals surface area contributed by atoms with E-state index in [1.54, 1.807) is 7.11 Å². The van der Waals surface area contributed by atoms with Crippen molar-refractivity contribution in [3.05, 3.63) is 136 Å². The molecule has 0 fully saturated rings. The average Bonchev–Trinajstić information content (AvgIpc) is 3.25. The lowest BCUT2D eigenvalue weighted by atomic mass is 9.85. The van der Waals surface area contributed by atoms with Crippen LogP contribution in [-0.2, 0) is 15.6 Å². The summed E-state index contributed by atoms with van der Waals surface area (Å²) in [4.78, 5) is 14.7. The molecule has 0 saturated heterocycles. The second kappa shape index (κ2) is 10.7. The highest BCUT2D eigenvalue weighted by atomic mass is 16.5. The van der Waals surface area contributed by atoms with Crippen molar-refractivity contribution in [2.75, 3.05) is 7.11 Å². The molecule has 2 nitrogen and oxygen atoms in total. The zero-order chi connectivity index (χ0) is 29.5. The number of ether oxygens (including phenoxy) is 1. The highest BCUT2D eigenvalue weighted by Gasteiger charge is 2.35. The van der Waals surface area contributed by atoms with Gasteiger partial charge in [0.2, 0.25) is 0 Å². The lowest BCUT2D eigenvalue weighted by molar-refractivity contribution is -0.108. The van der Waals surface area contributed by atoms with Gasteiger partial charge in [-0.05, 0) is 63.3 Å². The van der Waals surface area contributed by atoms with E-state index in [0.717, 1.165) is 50.3 Å². The fraction of sp³-hybridized carbons (Fsp3) is 0.256. The summed E-state index contributed by atoms with van der Waals surface area (Å²) >= 11 is 0. The molecule has 0 spiro atoms. The van der Waals surface area contributed by atoms with Crippen LogP contribution in [0.25, 0.3) is 22.3 Å². The Morgan fingerprint density at radius 2 is 0.780 bits per heavy atom. The number of carbonyl (C=O) groups is 1. The summed E-state index contributed by atoms with van der Waals surface area (Å²) in [6.45, 7) is 15.4. The third kappa shape index (κ3) is 5.57. The van der Waals surface area contributed by atoms with E-state index in [-0.39, 0.29) is 16.6 Å². The summed E-state index contributed by atoms with van der Waals surface area (Å²) < 4.78 is 5.47. The number of hydrogen-bond donors (Lipinski definition) is 0. The maximum Gasteiger partial charge on any atom is 0.195 e. The van der Waals surface area contributed by atoms with Crippen molar-refractivity contribution < 1.29 is 9.53 Å². The molecule has 1 aliphatic carbocycles. The molecule has 0 aromatic heterocycles. The van der Waals surface area contributed by atoms with Gasteiger partial charge in [-0.2, -0.15) is 0 Å². The van der Waals surface area contributed by atoms with E-state index in [1.807, 2.05) is 12.1 Å². The van der Waals surface area contributed by atoms with Gasteiger partial charge < -0.3 is 4.74 Å². The second-order valence-corrected chi connectivity index (χ2v) is 13.1. The number of carbonyl (C=O) groups excluding carboxylic acids is 1. The van der Waals surface area contributed by atoms with Crippen molar-refractivity contribution in [2.24, 2.45) is 0 Å². The van der Waals surface area contributed by atoms with Crippen molar-refractivity contribution in [3.63, 3.8) is 0 Å². The summed E-state index contributed by atoms with van der Waals surface area (Å²) in [6, 6.07) is 33.6. The number of benzene rings is 4. The predicted octanol–water partition coefficient (Wildman–Crippen LogP) is 9.70. The Hall–Kier alpha value is -4.17. The number of Topliss-reactive ketones (excluding diaryl/α,β-unsaturated/α-hetero) is 1. The lowest BCUT2D eigenvalue weighted by Crippen LogP contribution is -2.11. The predicted molar refractivity (Wildman–Crippen MR) is 173 cm³/mol. The van der Waals surface area contributed by atoms with Crippen molar-refractivity contribution in [1.82, 2.24) is 0 Å². The molecule has 5 rings (SSSR count). The van der Waals surface area contributed by atoms with Gasteiger partial charge in [-0.15, -0.1) is 0 Å². The van der Waals surface area contributed by atoms with E-state index in [4.69, 9.17) is 4.74 Å². The Labute approximate surface area is 245 Å². The maximum absolute atomic E-state index is 14.7. The van der Waals surface area contributed by atoms with Gasteiger partial charge in [0.1, 0.15) is 5.75 Å². The van der Waals surface area contributed by atoms with Gasteiger partial charge in [0, 0.05) is 22.3 Å². The molecule has 0 N–H and O–H groups in total. The van der Waals surface area contributed by atoms with E-state index in [1.165, 1.54) is 16.7 Å². The van der Waals surface area contributed by atoms with Crippen LogP contribution in [0.5, 0.6) is 5.75 Å². The molecule has 0 radical (unpaired) electrons. The minimum Gasteiger partial charge on any atom is -0.497 e. The van der Waals surface area contributed by atoms with Gasteiger partial charge in [-0.1, -0.05) is 132 Å². The average molecular weight is 541 g/mol. The van der Waals surface area contributed by atoms with Gasteiger partial charge >= 0.3 is 0 Å². The summed E-state index contributed by atoms with van der Waals surface area (Å²) in [5.74, 6) is 0.840. The van der Waals surface area contributed by atoms with E-state index >= 15 is 0 Å². The van der Waals surface area contributed by atoms with Gasteiger partial charge in [-0.25, -0.2) is 0 Å². The van der Waals surface area contributed by atoms with Crippen LogP contribution in [0, 0.1) is 6.92 Å². The third-order valence-corrected chi connectivity index (χ3v) is 8.00. The van der Waals surface area contributed by atoms with Crippen molar-refractivity contribution in [3.8, 4) is 5.75 Å². The Morgan fingerprint density at radius 1 is 0.463 bits per heavy atom. The molecule has 0 unspecified atom stereocenters. The molecule has 4 aromatic carbocycles.